The highest BCUT2D eigenvalue weighted by molar-refractivity contribution is 5.82. The third-order valence-corrected chi connectivity index (χ3v) is 4.60. The predicted octanol–water partition coefficient (Wildman–Crippen LogP) is 4.74. The van der Waals surface area contributed by atoms with Crippen LogP contribution in [0.15, 0.2) is 57.7 Å². The van der Waals surface area contributed by atoms with Crippen LogP contribution in [-0.4, -0.2) is 12.1 Å². The van der Waals surface area contributed by atoms with Gasteiger partial charge in [-0.25, -0.2) is 9.59 Å². The topological polar surface area (TPSA) is 65.7 Å². The lowest BCUT2D eigenvalue weighted by Gasteiger charge is -2.15. The molecule has 0 saturated carbocycles. The molecule has 146 valence electrons. The highest BCUT2D eigenvalue weighted by Gasteiger charge is 2.18. The van der Waals surface area contributed by atoms with Crippen LogP contribution in [0, 0.1) is 6.92 Å². The van der Waals surface area contributed by atoms with E-state index in [1.54, 1.807) is 19.1 Å². The number of ether oxygens (including phenoxy) is 2. The summed E-state index contributed by atoms with van der Waals surface area (Å²) in [5, 5.41) is 0.776. The van der Waals surface area contributed by atoms with Crippen molar-refractivity contribution in [2.24, 2.45) is 0 Å². The van der Waals surface area contributed by atoms with E-state index in [-0.39, 0.29) is 6.61 Å². The molecule has 0 amide bonds. The number of carbonyl (C=O) groups is 1. The molecule has 28 heavy (non-hydrogen) atoms. The van der Waals surface area contributed by atoms with E-state index in [0.717, 1.165) is 16.5 Å². The van der Waals surface area contributed by atoms with E-state index in [1.165, 1.54) is 6.07 Å². The number of para-hydroxylation sites is 1. The summed E-state index contributed by atoms with van der Waals surface area (Å²) in [6.45, 7) is 7.81. The molecule has 0 radical (unpaired) electrons. The summed E-state index contributed by atoms with van der Waals surface area (Å²) < 4.78 is 16.3. The third kappa shape index (κ3) is 4.42. The molecule has 2 aromatic carbocycles. The fourth-order valence-corrected chi connectivity index (χ4v) is 3.15. The monoisotopic (exact) mass is 380 g/mol. The minimum Gasteiger partial charge on any atom is -0.479 e. The molecule has 3 aromatic rings. The second-order valence-corrected chi connectivity index (χ2v) is 7.13. The van der Waals surface area contributed by atoms with Gasteiger partial charge in [0.1, 0.15) is 17.9 Å². The first-order chi connectivity index (χ1) is 13.3. The Morgan fingerprint density at radius 3 is 2.46 bits per heavy atom. The van der Waals surface area contributed by atoms with Crippen LogP contribution in [0.3, 0.4) is 0 Å². The molecule has 5 heteroatoms. The molecule has 1 atom stereocenters. The molecule has 0 spiro atoms. The van der Waals surface area contributed by atoms with Gasteiger partial charge >= 0.3 is 11.6 Å². The fraction of sp³-hybridized carbons (Fsp3) is 0.304. The number of hydrogen-bond donors (Lipinski definition) is 0. The number of aryl methyl sites for hydroxylation is 1. The van der Waals surface area contributed by atoms with Crippen LogP contribution in [0.2, 0.25) is 0 Å². The molecule has 1 aromatic heterocycles. The minimum atomic E-state index is -0.762. The molecule has 0 aliphatic carbocycles. The van der Waals surface area contributed by atoms with Gasteiger partial charge in [0.05, 0.1) is 0 Å². The molecule has 0 N–H and O–H groups in total. The predicted molar refractivity (Wildman–Crippen MR) is 108 cm³/mol. The Hall–Kier alpha value is -3.08. The van der Waals surface area contributed by atoms with Crippen molar-refractivity contribution in [2.45, 2.75) is 46.3 Å². The van der Waals surface area contributed by atoms with Crippen molar-refractivity contribution < 1.29 is 18.7 Å². The minimum absolute atomic E-state index is 0.0238. The van der Waals surface area contributed by atoms with Gasteiger partial charge in [0.15, 0.2) is 6.10 Å². The summed E-state index contributed by atoms with van der Waals surface area (Å²) >= 11 is 0. The summed E-state index contributed by atoms with van der Waals surface area (Å²) in [7, 11) is 0. The SMILES string of the molecule is Cc1cc2oc(=O)cc(COC(=O)[C@H](C)Oc3ccccc3)c2cc1C(C)C. The van der Waals surface area contributed by atoms with Crippen LogP contribution < -0.4 is 10.4 Å². The van der Waals surface area contributed by atoms with Crippen molar-refractivity contribution in [3.8, 4) is 5.75 Å². The Kier molecular flexibility index (Phi) is 5.83. The zero-order valence-electron chi connectivity index (χ0n) is 16.5. The summed E-state index contributed by atoms with van der Waals surface area (Å²) in [6.07, 6.45) is -0.762. The lowest BCUT2D eigenvalue weighted by atomic mass is 9.95. The maximum atomic E-state index is 12.3. The average Bonchev–Trinajstić information content (AvgIpc) is 2.65. The maximum absolute atomic E-state index is 12.3. The van der Waals surface area contributed by atoms with Gasteiger partial charge < -0.3 is 13.9 Å². The Balaban J connectivity index is 1.80. The van der Waals surface area contributed by atoms with Gasteiger partial charge in [-0.05, 0) is 55.2 Å². The van der Waals surface area contributed by atoms with E-state index >= 15 is 0 Å². The number of hydrogen-bond acceptors (Lipinski definition) is 5. The van der Waals surface area contributed by atoms with Crippen LogP contribution in [0.5, 0.6) is 5.75 Å². The summed E-state index contributed by atoms with van der Waals surface area (Å²) in [4.78, 5) is 24.2. The normalized spacial score (nSPS) is 12.2. The summed E-state index contributed by atoms with van der Waals surface area (Å²) in [5.74, 6) is 0.419. The Morgan fingerprint density at radius 2 is 1.79 bits per heavy atom. The highest BCUT2D eigenvalue weighted by atomic mass is 16.6. The standard InChI is InChI=1S/C23H24O5/c1-14(2)19-12-20-17(11-22(24)28-21(20)10-15(19)3)13-26-23(25)16(4)27-18-8-6-5-7-9-18/h5-12,14,16H,13H2,1-4H3/t16-/m0/s1. The van der Waals surface area contributed by atoms with Gasteiger partial charge in [-0.1, -0.05) is 32.0 Å². The lowest BCUT2D eigenvalue weighted by molar-refractivity contribution is -0.152. The third-order valence-electron chi connectivity index (χ3n) is 4.60. The quantitative estimate of drug-likeness (QED) is 0.457. The van der Waals surface area contributed by atoms with Crippen LogP contribution in [0.1, 0.15) is 43.4 Å². The van der Waals surface area contributed by atoms with Crippen LogP contribution in [0.4, 0.5) is 0 Å². The van der Waals surface area contributed by atoms with Crippen molar-refractivity contribution in [3.05, 3.63) is 75.6 Å². The summed E-state index contributed by atoms with van der Waals surface area (Å²) in [5.41, 5.74) is 2.87. The molecule has 1 heterocycles. The highest BCUT2D eigenvalue weighted by Crippen LogP contribution is 2.27. The molecule has 5 nitrogen and oxygen atoms in total. The Labute approximate surface area is 163 Å². The molecule has 0 bridgehead atoms. The van der Waals surface area contributed by atoms with E-state index in [4.69, 9.17) is 13.9 Å². The van der Waals surface area contributed by atoms with Crippen molar-refractivity contribution in [1.82, 2.24) is 0 Å². The van der Waals surface area contributed by atoms with E-state index < -0.39 is 17.7 Å². The number of esters is 1. The largest absolute Gasteiger partial charge is 0.479 e. The molecule has 0 aliphatic rings. The molecular weight excluding hydrogens is 356 g/mol. The van der Waals surface area contributed by atoms with Gasteiger partial charge in [0.2, 0.25) is 0 Å². The lowest BCUT2D eigenvalue weighted by Crippen LogP contribution is -2.26. The first kappa shape index (κ1) is 19.7. The number of rotatable bonds is 6. The molecule has 0 unspecified atom stereocenters. The second kappa shape index (κ2) is 8.30. The summed E-state index contributed by atoms with van der Waals surface area (Å²) in [6, 6.07) is 14.3. The van der Waals surface area contributed by atoms with Crippen LogP contribution in [0.25, 0.3) is 11.0 Å². The smallest absolute Gasteiger partial charge is 0.347 e. The van der Waals surface area contributed by atoms with Crippen LogP contribution >= 0.6 is 0 Å². The molecule has 0 saturated heterocycles. The van der Waals surface area contributed by atoms with Crippen molar-refractivity contribution >= 4 is 16.9 Å². The Bertz CT molecular complexity index is 1030. The zero-order chi connectivity index (χ0) is 20.3. The molecule has 0 aliphatic heterocycles. The van der Waals surface area contributed by atoms with Gasteiger partial charge in [0, 0.05) is 17.0 Å². The Morgan fingerprint density at radius 1 is 1.07 bits per heavy atom. The second-order valence-electron chi connectivity index (χ2n) is 7.13. The number of carbonyl (C=O) groups excluding carboxylic acids is 1. The number of benzene rings is 2. The van der Waals surface area contributed by atoms with Gasteiger partial charge in [-0.3, -0.25) is 0 Å². The fourth-order valence-electron chi connectivity index (χ4n) is 3.15. The molecular formula is C23H24O5. The number of fused-ring (bicyclic) bond motifs is 1. The first-order valence-corrected chi connectivity index (χ1v) is 9.30. The van der Waals surface area contributed by atoms with Crippen molar-refractivity contribution in [3.63, 3.8) is 0 Å². The van der Waals surface area contributed by atoms with Crippen molar-refractivity contribution in [1.29, 1.82) is 0 Å². The van der Waals surface area contributed by atoms with E-state index in [0.29, 0.717) is 22.8 Å². The first-order valence-electron chi connectivity index (χ1n) is 9.30. The van der Waals surface area contributed by atoms with Gasteiger partial charge in [-0.15, -0.1) is 0 Å². The van der Waals surface area contributed by atoms with Crippen LogP contribution in [-0.2, 0) is 16.1 Å². The maximum Gasteiger partial charge on any atom is 0.347 e. The molecule has 0 fully saturated rings. The van der Waals surface area contributed by atoms with E-state index in [1.807, 2.05) is 37.3 Å². The molecule has 3 rings (SSSR count). The van der Waals surface area contributed by atoms with E-state index in [9.17, 15) is 9.59 Å². The van der Waals surface area contributed by atoms with Crippen molar-refractivity contribution in [2.75, 3.05) is 0 Å². The zero-order valence-corrected chi connectivity index (χ0v) is 16.5. The average molecular weight is 380 g/mol. The van der Waals surface area contributed by atoms with Gasteiger partial charge in [-0.2, -0.15) is 0 Å². The van der Waals surface area contributed by atoms with Gasteiger partial charge in [0.25, 0.3) is 0 Å². The van der Waals surface area contributed by atoms with E-state index in [2.05, 4.69) is 13.8 Å².